The van der Waals surface area contributed by atoms with E-state index in [1.807, 2.05) is 0 Å². The highest BCUT2D eigenvalue weighted by Crippen LogP contribution is 2.23. The lowest BCUT2D eigenvalue weighted by Gasteiger charge is -1.97. The normalized spacial score (nSPS) is 9.73. The summed E-state index contributed by atoms with van der Waals surface area (Å²) in [6.07, 6.45) is 0.567. The Balaban J connectivity index is 3.31. The van der Waals surface area contributed by atoms with Crippen LogP contribution >= 0.6 is 34.8 Å². The molecule has 1 rings (SSSR count). The van der Waals surface area contributed by atoms with Gasteiger partial charge in [-0.25, -0.2) is 4.98 Å². The van der Waals surface area contributed by atoms with Crippen molar-refractivity contribution in [3.63, 3.8) is 0 Å². The SMILES string of the molecule is O=Cc1cc(Cl)c(Cl)nc1Cl. The molecule has 58 valence electrons. The van der Waals surface area contributed by atoms with E-state index in [-0.39, 0.29) is 20.9 Å². The summed E-state index contributed by atoms with van der Waals surface area (Å²) in [5, 5.41) is 0.384. The van der Waals surface area contributed by atoms with Crippen molar-refractivity contribution in [2.45, 2.75) is 0 Å². The molecule has 0 aromatic carbocycles. The topological polar surface area (TPSA) is 30.0 Å². The molecule has 0 amide bonds. The molecule has 0 aliphatic carbocycles. The predicted octanol–water partition coefficient (Wildman–Crippen LogP) is 2.85. The molecule has 0 fully saturated rings. The third-order valence-corrected chi connectivity index (χ3v) is 2.02. The fraction of sp³-hybridized carbons (Fsp3) is 0. The fourth-order valence-electron chi connectivity index (χ4n) is 0.542. The van der Waals surface area contributed by atoms with E-state index in [0.717, 1.165) is 0 Å². The van der Waals surface area contributed by atoms with Gasteiger partial charge in [0.25, 0.3) is 0 Å². The first-order chi connectivity index (χ1) is 5.15. The number of carbonyl (C=O) groups is 1. The molecule has 1 aromatic rings. The van der Waals surface area contributed by atoms with Crippen LogP contribution in [0.5, 0.6) is 0 Å². The Morgan fingerprint density at radius 2 is 1.91 bits per heavy atom. The molecule has 0 aliphatic heterocycles. The van der Waals surface area contributed by atoms with Gasteiger partial charge < -0.3 is 0 Å². The molecule has 0 aliphatic rings. The van der Waals surface area contributed by atoms with Gasteiger partial charge in [0, 0.05) is 0 Å². The first-order valence-electron chi connectivity index (χ1n) is 2.62. The van der Waals surface area contributed by atoms with Crippen molar-refractivity contribution in [2.24, 2.45) is 0 Å². The van der Waals surface area contributed by atoms with Gasteiger partial charge in [0.05, 0.1) is 10.6 Å². The summed E-state index contributed by atoms with van der Waals surface area (Å²) in [7, 11) is 0. The van der Waals surface area contributed by atoms with Crippen LogP contribution in [-0.4, -0.2) is 11.3 Å². The first kappa shape index (κ1) is 8.78. The highest BCUT2D eigenvalue weighted by molar-refractivity contribution is 6.42. The molecule has 11 heavy (non-hydrogen) atoms. The van der Waals surface area contributed by atoms with Crippen molar-refractivity contribution in [2.75, 3.05) is 0 Å². The number of halogens is 3. The maximum atomic E-state index is 10.3. The summed E-state index contributed by atoms with van der Waals surface area (Å²) >= 11 is 16.6. The molecule has 0 N–H and O–H groups in total. The van der Waals surface area contributed by atoms with Crippen LogP contribution in [0.2, 0.25) is 15.3 Å². The standard InChI is InChI=1S/C6H2Cl3NO/c7-4-1-3(2-11)5(8)10-6(4)9/h1-2H. The highest BCUT2D eigenvalue weighted by atomic mass is 35.5. The van der Waals surface area contributed by atoms with Crippen molar-refractivity contribution in [3.8, 4) is 0 Å². The minimum absolute atomic E-state index is 0.0643. The number of hydrogen-bond donors (Lipinski definition) is 0. The van der Waals surface area contributed by atoms with Gasteiger partial charge in [-0.2, -0.15) is 0 Å². The Bertz CT molecular complexity index is 300. The Morgan fingerprint density at radius 1 is 1.27 bits per heavy atom. The van der Waals surface area contributed by atoms with Crippen LogP contribution in [0.25, 0.3) is 0 Å². The number of nitrogens with zero attached hydrogens (tertiary/aromatic N) is 1. The molecule has 5 heteroatoms. The lowest BCUT2D eigenvalue weighted by molar-refractivity contribution is 0.112. The predicted molar refractivity (Wildman–Crippen MR) is 44.7 cm³/mol. The summed E-state index contributed by atoms with van der Waals surface area (Å²) in [4.78, 5) is 13.9. The lowest BCUT2D eigenvalue weighted by Crippen LogP contribution is -1.87. The van der Waals surface area contributed by atoms with Crippen molar-refractivity contribution < 1.29 is 4.79 Å². The number of carbonyl (C=O) groups excluding carboxylic acids is 1. The zero-order valence-corrected chi connectivity index (χ0v) is 7.41. The molecular formula is C6H2Cl3NO. The molecule has 0 saturated heterocycles. The van der Waals surface area contributed by atoms with Crippen molar-refractivity contribution in [1.29, 1.82) is 0 Å². The van der Waals surface area contributed by atoms with Crippen LogP contribution in [-0.2, 0) is 0 Å². The number of hydrogen-bond acceptors (Lipinski definition) is 2. The number of rotatable bonds is 1. The minimum Gasteiger partial charge on any atom is -0.298 e. The first-order valence-corrected chi connectivity index (χ1v) is 3.75. The van der Waals surface area contributed by atoms with Gasteiger partial charge >= 0.3 is 0 Å². The van der Waals surface area contributed by atoms with E-state index in [1.54, 1.807) is 0 Å². The summed E-state index contributed by atoms with van der Waals surface area (Å²) in [6, 6.07) is 1.37. The molecule has 0 bridgehead atoms. The molecular weight excluding hydrogens is 208 g/mol. The zero-order valence-electron chi connectivity index (χ0n) is 5.14. The van der Waals surface area contributed by atoms with E-state index >= 15 is 0 Å². The number of pyridine rings is 1. The molecule has 0 saturated carbocycles. The van der Waals surface area contributed by atoms with Crippen LogP contribution in [0.4, 0.5) is 0 Å². The zero-order chi connectivity index (χ0) is 8.43. The Kier molecular flexibility index (Phi) is 2.71. The summed E-state index contributed by atoms with van der Waals surface area (Å²) < 4.78 is 0. The highest BCUT2D eigenvalue weighted by Gasteiger charge is 2.05. The van der Waals surface area contributed by atoms with Gasteiger partial charge in [-0.1, -0.05) is 34.8 Å². The molecule has 0 unspecified atom stereocenters. The Labute approximate surface area is 78.1 Å². The van der Waals surface area contributed by atoms with E-state index in [4.69, 9.17) is 34.8 Å². The Morgan fingerprint density at radius 3 is 2.45 bits per heavy atom. The summed E-state index contributed by atoms with van der Waals surface area (Å²) in [5.41, 5.74) is 0.237. The van der Waals surface area contributed by atoms with Gasteiger partial charge in [-0.3, -0.25) is 4.79 Å². The molecule has 0 spiro atoms. The number of aldehydes is 1. The molecule has 2 nitrogen and oxygen atoms in total. The van der Waals surface area contributed by atoms with Gasteiger partial charge in [-0.05, 0) is 6.07 Å². The smallest absolute Gasteiger partial charge is 0.153 e. The van der Waals surface area contributed by atoms with Gasteiger partial charge in [0.15, 0.2) is 6.29 Å². The van der Waals surface area contributed by atoms with E-state index in [2.05, 4.69) is 4.98 Å². The third kappa shape index (κ3) is 1.83. The fourth-order valence-corrected chi connectivity index (χ4v) is 1.07. The average Bonchev–Trinajstić information content (AvgIpc) is 1.97. The maximum absolute atomic E-state index is 10.3. The van der Waals surface area contributed by atoms with Crippen molar-refractivity contribution in [1.82, 2.24) is 4.98 Å². The van der Waals surface area contributed by atoms with Crippen LogP contribution in [0.3, 0.4) is 0 Å². The number of aromatic nitrogens is 1. The van der Waals surface area contributed by atoms with Crippen LogP contribution < -0.4 is 0 Å². The summed E-state index contributed by atoms with van der Waals surface area (Å²) in [6.45, 7) is 0. The van der Waals surface area contributed by atoms with Gasteiger partial charge in [0.1, 0.15) is 10.3 Å². The van der Waals surface area contributed by atoms with Crippen LogP contribution in [0.1, 0.15) is 10.4 Å². The van der Waals surface area contributed by atoms with E-state index in [0.29, 0.717) is 6.29 Å². The van der Waals surface area contributed by atoms with E-state index < -0.39 is 0 Å². The van der Waals surface area contributed by atoms with Gasteiger partial charge in [-0.15, -0.1) is 0 Å². The van der Waals surface area contributed by atoms with Crippen molar-refractivity contribution in [3.05, 3.63) is 27.0 Å². The molecule has 0 radical (unpaired) electrons. The second-order valence-corrected chi connectivity index (χ2v) is 2.88. The van der Waals surface area contributed by atoms with Crippen molar-refractivity contribution >= 4 is 41.1 Å². The minimum atomic E-state index is 0.0643. The average molecular weight is 210 g/mol. The van der Waals surface area contributed by atoms with Crippen LogP contribution in [0.15, 0.2) is 6.07 Å². The lowest BCUT2D eigenvalue weighted by atomic mass is 10.3. The monoisotopic (exact) mass is 209 g/mol. The molecule has 1 aromatic heterocycles. The molecule has 1 heterocycles. The maximum Gasteiger partial charge on any atom is 0.153 e. The molecule has 0 atom stereocenters. The third-order valence-electron chi connectivity index (χ3n) is 1.04. The second kappa shape index (κ2) is 3.39. The van der Waals surface area contributed by atoms with Crippen LogP contribution in [0, 0.1) is 0 Å². The Hall–Kier alpha value is -0.310. The quantitative estimate of drug-likeness (QED) is 0.527. The second-order valence-electron chi connectivity index (χ2n) is 1.76. The van der Waals surface area contributed by atoms with E-state index in [1.165, 1.54) is 6.07 Å². The van der Waals surface area contributed by atoms with E-state index in [9.17, 15) is 4.79 Å². The van der Waals surface area contributed by atoms with Gasteiger partial charge in [0.2, 0.25) is 0 Å². The summed E-state index contributed by atoms with van der Waals surface area (Å²) in [5.74, 6) is 0. The largest absolute Gasteiger partial charge is 0.298 e.